The lowest BCUT2D eigenvalue weighted by molar-refractivity contribution is -0.139. The van der Waals surface area contributed by atoms with E-state index in [4.69, 9.17) is 0 Å². The summed E-state index contributed by atoms with van der Waals surface area (Å²) in [6.07, 6.45) is -0.849. The van der Waals surface area contributed by atoms with Gasteiger partial charge in [0.25, 0.3) is 5.91 Å². The molecule has 2 aromatic heterocycles. The maximum atomic E-state index is 15.1. The minimum Gasteiger partial charge on any atom is -0.367 e. The molecule has 1 amide bonds. The molecule has 0 bridgehead atoms. The summed E-state index contributed by atoms with van der Waals surface area (Å²) in [5.41, 5.74) is 2.11. The lowest BCUT2D eigenvalue weighted by Gasteiger charge is -2.24. The lowest BCUT2D eigenvalue weighted by Crippen LogP contribution is -2.32. The van der Waals surface area contributed by atoms with Gasteiger partial charge in [0.1, 0.15) is 5.69 Å². The number of hydrogen-bond acceptors (Lipinski definition) is 6. The largest absolute Gasteiger partial charge is 0.419 e. The van der Waals surface area contributed by atoms with Gasteiger partial charge in [0.2, 0.25) is 0 Å². The molecule has 4 aromatic rings. The molecule has 13 heteroatoms. The van der Waals surface area contributed by atoms with E-state index in [1.54, 1.807) is 40.2 Å². The third-order valence-electron chi connectivity index (χ3n) is 7.57. The molecule has 1 aliphatic rings. The van der Waals surface area contributed by atoms with Crippen LogP contribution in [0.1, 0.15) is 33.6 Å². The highest BCUT2D eigenvalue weighted by molar-refractivity contribution is 6.05. The molecule has 9 nitrogen and oxygen atoms in total. The standard InChI is InChI=1S/C28H30F4N8O/c1-16-6-7-18(10-24(16)40-15-23(35-36-40)21-13-33-38(5)17(21)2)27(41)34-19-11-22(28(30,31)32)26(29)25(12-19)39-9-8-20(14-39)37(3)4/h6-7,10-13,15,20H,8-9,14H2,1-5H3,(H,34,41). The van der Waals surface area contributed by atoms with Crippen LogP contribution in [-0.4, -0.2) is 68.8 Å². The predicted molar refractivity (Wildman–Crippen MR) is 147 cm³/mol. The normalized spacial score (nSPS) is 15.7. The summed E-state index contributed by atoms with van der Waals surface area (Å²) in [7, 11) is 5.57. The van der Waals surface area contributed by atoms with Crippen molar-refractivity contribution in [2.24, 2.45) is 7.05 Å². The number of carbonyl (C=O) groups excluding carboxylic acids is 1. The van der Waals surface area contributed by atoms with Crippen LogP contribution in [-0.2, 0) is 13.2 Å². The Kier molecular flexibility index (Phi) is 7.32. The molecule has 41 heavy (non-hydrogen) atoms. The molecule has 0 aliphatic carbocycles. The average Bonchev–Trinajstić information content (AvgIpc) is 3.66. The van der Waals surface area contributed by atoms with Crippen LogP contribution in [0.15, 0.2) is 42.7 Å². The monoisotopic (exact) mass is 570 g/mol. The molecule has 1 unspecified atom stereocenters. The molecule has 1 aliphatic heterocycles. The smallest absolute Gasteiger partial charge is 0.367 e. The lowest BCUT2D eigenvalue weighted by atomic mass is 10.1. The molecule has 5 rings (SSSR count). The Morgan fingerprint density at radius 2 is 1.88 bits per heavy atom. The van der Waals surface area contributed by atoms with E-state index in [2.05, 4.69) is 20.7 Å². The van der Waals surface area contributed by atoms with Gasteiger partial charge in [-0.3, -0.25) is 9.48 Å². The van der Waals surface area contributed by atoms with Gasteiger partial charge in [0.05, 0.1) is 29.3 Å². The SMILES string of the molecule is Cc1ccc(C(=O)Nc2cc(N3CCC(N(C)C)C3)c(F)c(C(F)(F)F)c2)cc1-n1cc(-c2cnn(C)c2C)nn1. The molecule has 216 valence electrons. The van der Waals surface area contributed by atoms with Crippen molar-refractivity contribution in [3.63, 3.8) is 0 Å². The van der Waals surface area contributed by atoms with Crippen molar-refractivity contribution in [2.45, 2.75) is 32.5 Å². The first-order valence-electron chi connectivity index (χ1n) is 13.0. The van der Waals surface area contributed by atoms with Crippen molar-refractivity contribution in [1.82, 2.24) is 29.7 Å². The van der Waals surface area contributed by atoms with Crippen molar-refractivity contribution in [3.05, 3.63) is 70.9 Å². The quantitative estimate of drug-likeness (QED) is 0.334. The Morgan fingerprint density at radius 1 is 1.12 bits per heavy atom. The molecule has 0 spiro atoms. The Balaban J connectivity index is 1.44. The van der Waals surface area contributed by atoms with Gasteiger partial charge in [-0.2, -0.15) is 18.3 Å². The highest BCUT2D eigenvalue weighted by Crippen LogP contribution is 2.39. The molecule has 1 N–H and O–H groups in total. The van der Waals surface area contributed by atoms with Crippen LogP contribution in [0.4, 0.5) is 28.9 Å². The number of rotatable bonds is 6. The average molecular weight is 571 g/mol. The van der Waals surface area contributed by atoms with E-state index in [1.807, 2.05) is 39.9 Å². The third-order valence-corrected chi connectivity index (χ3v) is 7.57. The second-order valence-corrected chi connectivity index (χ2v) is 10.5. The molecule has 0 saturated carbocycles. The highest BCUT2D eigenvalue weighted by atomic mass is 19.4. The summed E-state index contributed by atoms with van der Waals surface area (Å²) in [5, 5.41) is 15.2. The summed E-state index contributed by atoms with van der Waals surface area (Å²) >= 11 is 0. The summed E-state index contributed by atoms with van der Waals surface area (Å²) < 4.78 is 59.8. The third kappa shape index (κ3) is 5.53. The molecular weight excluding hydrogens is 540 g/mol. The van der Waals surface area contributed by atoms with Crippen LogP contribution in [0.25, 0.3) is 16.9 Å². The van der Waals surface area contributed by atoms with Crippen LogP contribution >= 0.6 is 0 Å². The number of hydrogen-bond donors (Lipinski definition) is 1. The maximum absolute atomic E-state index is 15.1. The van der Waals surface area contributed by atoms with Gasteiger partial charge in [0.15, 0.2) is 5.82 Å². The molecule has 1 fully saturated rings. The molecule has 0 radical (unpaired) electrons. The van der Waals surface area contributed by atoms with Gasteiger partial charge in [-0.05, 0) is 64.2 Å². The summed E-state index contributed by atoms with van der Waals surface area (Å²) in [6.45, 7) is 4.52. The number of nitrogens with zero attached hydrogens (tertiary/aromatic N) is 7. The van der Waals surface area contributed by atoms with E-state index in [9.17, 15) is 18.0 Å². The first-order chi connectivity index (χ1) is 19.3. The number of halogens is 4. The van der Waals surface area contributed by atoms with Crippen molar-refractivity contribution in [1.29, 1.82) is 0 Å². The first kappa shape index (κ1) is 28.3. The van der Waals surface area contributed by atoms with Gasteiger partial charge < -0.3 is 15.1 Å². The van der Waals surface area contributed by atoms with Gasteiger partial charge in [0, 0.05) is 48.7 Å². The van der Waals surface area contributed by atoms with Crippen LogP contribution in [0.5, 0.6) is 0 Å². The van der Waals surface area contributed by atoms with E-state index in [0.29, 0.717) is 37.0 Å². The second kappa shape index (κ2) is 10.6. The van der Waals surface area contributed by atoms with Gasteiger partial charge in [-0.1, -0.05) is 11.3 Å². The number of anilines is 2. The number of aromatic nitrogens is 5. The van der Waals surface area contributed by atoms with E-state index in [0.717, 1.165) is 16.8 Å². The number of amides is 1. The number of nitrogens with one attached hydrogen (secondary N) is 1. The molecule has 2 aromatic carbocycles. The zero-order valence-corrected chi connectivity index (χ0v) is 23.3. The van der Waals surface area contributed by atoms with Gasteiger partial charge in [-0.15, -0.1) is 5.10 Å². The Labute approximate surface area is 234 Å². The minimum absolute atomic E-state index is 0.0762. The number of aryl methyl sites for hydroxylation is 2. The fourth-order valence-corrected chi connectivity index (χ4v) is 4.96. The Hall–Kier alpha value is -4.26. The number of carbonyl (C=O) groups is 1. The van der Waals surface area contributed by atoms with Gasteiger partial charge >= 0.3 is 6.18 Å². The van der Waals surface area contributed by atoms with Crippen LogP contribution in [0.3, 0.4) is 0 Å². The van der Waals surface area contributed by atoms with Crippen molar-refractivity contribution in [3.8, 4) is 16.9 Å². The Bertz CT molecular complexity index is 1610. The zero-order chi connectivity index (χ0) is 29.6. The summed E-state index contributed by atoms with van der Waals surface area (Å²) in [6, 6.07) is 6.82. The van der Waals surface area contributed by atoms with Crippen LogP contribution in [0.2, 0.25) is 0 Å². The van der Waals surface area contributed by atoms with Crippen molar-refractivity contribution >= 4 is 17.3 Å². The fourth-order valence-electron chi connectivity index (χ4n) is 4.96. The van der Waals surface area contributed by atoms with E-state index < -0.39 is 23.5 Å². The summed E-state index contributed by atoms with van der Waals surface area (Å²) in [4.78, 5) is 16.8. The number of likely N-dealkylation sites (N-methyl/N-ethyl adjacent to an activating group) is 1. The van der Waals surface area contributed by atoms with Crippen LogP contribution in [0, 0.1) is 19.7 Å². The summed E-state index contributed by atoms with van der Waals surface area (Å²) in [5.74, 6) is -1.99. The van der Waals surface area contributed by atoms with E-state index in [1.165, 1.54) is 10.7 Å². The topological polar surface area (TPSA) is 84.1 Å². The zero-order valence-electron chi connectivity index (χ0n) is 23.3. The predicted octanol–water partition coefficient (Wildman–Crippen LogP) is 4.84. The second-order valence-electron chi connectivity index (χ2n) is 10.5. The van der Waals surface area contributed by atoms with Crippen LogP contribution < -0.4 is 10.2 Å². The maximum Gasteiger partial charge on any atom is 0.419 e. The molecule has 3 heterocycles. The fraction of sp³-hybridized carbons (Fsp3) is 0.357. The van der Waals surface area contributed by atoms with Crippen molar-refractivity contribution < 1.29 is 22.4 Å². The van der Waals surface area contributed by atoms with E-state index >= 15 is 4.39 Å². The van der Waals surface area contributed by atoms with Crippen molar-refractivity contribution in [2.75, 3.05) is 37.4 Å². The molecular formula is C28H30F4N8O. The highest BCUT2D eigenvalue weighted by Gasteiger charge is 2.38. The Morgan fingerprint density at radius 3 is 2.51 bits per heavy atom. The minimum atomic E-state index is -4.94. The van der Waals surface area contributed by atoms with Gasteiger partial charge in [-0.25, -0.2) is 9.07 Å². The van der Waals surface area contributed by atoms with E-state index in [-0.39, 0.29) is 23.0 Å². The molecule has 1 atom stereocenters. The number of alkyl halides is 3. The number of benzene rings is 2. The molecule has 1 saturated heterocycles. The first-order valence-corrected chi connectivity index (χ1v) is 13.0.